The Morgan fingerprint density at radius 3 is 2.31 bits per heavy atom. The summed E-state index contributed by atoms with van der Waals surface area (Å²) in [6, 6.07) is 0. The van der Waals surface area contributed by atoms with Gasteiger partial charge in [-0.2, -0.15) is 0 Å². The first kappa shape index (κ1) is 11.9. The Kier molecular flexibility index (Phi) is 2.99. The van der Waals surface area contributed by atoms with Gasteiger partial charge in [0, 0.05) is 13.1 Å². The Hall–Kier alpha value is -0.570. The van der Waals surface area contributed by atoms with Gasteiger partial charge in [0.2, 0.25) is 5.91 Å². The standard InChI is InChI=1S/C13H24N2O/c1-12(2,3)10-15-8-5-13(6-9-15)4-7-14-11(13)16/h4-10H2,1-3H3,(H,14,16). The van der Waals surface area contributed by atoms with Crippen molar-refractivity contribution in [2.24, 2.45) is 10.8 Å². The Balaban J connectivity index is 1.89. The van der Waals surface area contributed by atoms with Crippen LogP contribution >= 0.6 is 0 Å². The van der Waals surface area contributed by atoms with Crippen molar-refractivity contribution in [3.8, 4) is 0 Å². The van der Waals surface area contributed by atoms with Crippen LogP contribution in [0.2, 0.25) is 0 Å². The minimum Gasteiger partial charge on any atom is -0.356 e. The summed E-state index contributed by atoms with van der Waals surface area (Å²) in [5.41, 5.74) is 0.358. The summed E-state index contributed by atoms with van der Waals surface area (Å²) in [6.07, 6.45) is 3.15. The molecule has 1 spiro atoms. The van der Waals surface area contributed by atoms with Gasteiger partial charge in [-0.3, -0.25) is 4.79 Å². The van der Waals surface area contributed by atoms with Crippen LogP contribution in [0.15, 0.2) is 0 Å². The second-order valence-corrected chi connectivity index (χ2v) is 6.62. The minimum atomic E-state index is -0.00557. The quantitative estimate of drug-likeness (QED) is 0.734. The van der Waals surface area contributed by atoms with Gasteiger partial charge < -0.3 is 10.2 Å². The molecule has 3 nitrogen and oxygen atoms in total. The third kappa shape index (κ3) is 2.40. The lowest BCUT2D eigenvalue weighted by molar-refractivity contribution is -0.130. The van der Waals surface area contributed by atoms with E-state index in [9.17, 15) is 4.79 Å². The molecule has 0 aromatic rings. The summed E-state index contributed by atoms with van der Waals surface area (Å²) in [5, 5.41) is 2.99. The normalized spacial score (nSPS) is 26.1. The van der Waals surface area contributed by atoms with Crippen molar-refractivity contribution in [3.05, 3.63) is 0 Å². The predicted octanol–water partition coefficient (Wildman–Crippen LogP) is 1.63. The Morgan fingerprint density at radius 2 is 1.88 bits per heavy atom. The fourth-order valence-electron chi connectivity index (χ4n) is 3.00. The van der Waals surface area contributed by atoms with Crippen LogP contribution in [-0.2, 0) is 4.79 Å². The highest BCUT2D eigenvalue weighted by Gasteiger charge is 2.44. The molecule has 2 heterocycles. The average molecular weight is 224 g/mol. The lowest BCUT2D eigenvalue weighted by Gasteiger charge is -2.39. The van der Waals surface area contributed by atoms with Gasteiger partial charge >= 0.3 is 0 Å². The zero-order valence-electron chi connectivity index (χ0n) is 10.8. The van der Waals surface area contributed by atoms with Gasteiger partial charge in [-0.15, -0.1) is 0 Å². The van der Waals surface area contributed by atoms with E-state index in [0.29, 0.717) is 11.3 Å². The number of piperidine rings is 1. The van der Waals surface area contributed by atoms with Gasteiger partial charge in [0.05, 0.1) is 5.41 Å². The molecule has 1 amide bonds. The summed E-state index contributed by atoms with van der Waals surface area (Å²) in [7, 11) is 0. The van der Waals surface area contributed by atoms with E-state index in [0.717, 1.165) is 45.4 Å². The number of nitrogens with zero attached hydrogens (tertiary/aromatic N) is 1. The zero-order chi connectivity index (χ0) is 11.8. The van der Waals surface area contributed by atoms with E-state index >= 15 is 0 Å². The number of carbonyl (C=O) groups is 1. The smallest absolute Gasteiger partial charge is 0.226 e. The third-order valence-corrected chi connectivity index (χ3v) is 3.88. The van der Waals surface area contributed by atoms with Crippen LogP contribution < -0.4 is 5.32 Å². The summed E-state index contributed by atoms with van der Waals surface area (Å²) >= 11 is 0. The molecule has 2 saturated heterocycles. The first-order valence-electron chi connectivity index (χ1n) is 6.42. The Morgan fingerprint density at radius 1 is 1.25 bits per heavy atom. The lowest BCUT2D eigenvalue weighted by Crippen LogP contribution is -2.46. The molecule has 2 rings (SSSR count). The van der Waals surface area contributed by atoms with Crippen LogP contribution in [0, 0.1) is 10.8 Å². The number of hydrogen-bond acceptors (Lipinski definition) is 2. The van der Waals surface area contributed by atoms with E-state index in [2.05, 4.69) is 31.0 Å². The lowest BCUT2D eigenvalue weighted by atomic mass is 9.76. The van der Waals surface area contributed by atoms with E-state index < -0.39 is 0 Å². The monoisotopic (exact) mass is 224 g/mol. The fraction of sp³-hybridized carbons (Fsp3) is 0.923. The molecular weight excluding hydrogens is 200 g/mol. The van der Waals surface area contributed by atoms with Crippen molar-refractivity contribution < 1.29 is 4.79 Å². The Labute approximate surface area is 98.6 Å². The minimum absolute atomic E-state index is 0.00557. The number of carbonyl (C=O) groups excluding carboxylic acids is 1. The molecule has 0 atom stereocenters. The largest absolute Gasteiger partial charge is 0.356 e. The van der Waals surface area contributed by atoms with Gasteiger partial charge in [-0.25, -0.2) is 0 Å². The summed E-state index contributed by atoms with van der Waals surface area (Å²) in [5.74, 6) is 0.308. The highest BCUT2D eigenvalue weighted by Crippen LogP contribution is 2.38. The first-order chi connectivity index (χ1) is 7.41. The maximum absolute atomic E-state index is 11.8. The molecule has 0 aromatic carbocycles. The van der Waals surface area contributed by atoms with Crippen LogP contribution in [-0.4, -0.2) is 37.0 Å². The molecule has 0 bridgehead atoms. The van der Waals surface area contributed by atoms with Crippen LogP contribution in [0.1, 0.15) is 40.0 Å². The van der Waals surface area contributed by atoms with Crippen molar-refractivity contribution in [2.75, 3.05) is 26.2 Å². The molecule has 0 saturated carbocycles. The maximum Gasteiger partial charge on any atom is 0.226 e. The first-order valence-corrected chi connectivity index (χ1v) is 6.42. The summed E-state index contributed by atoms with van der Waals surface area (Å²) < 4.78 is 0. The molecule has 0 radical (unpaired) electrons. The van der Waals surface area contributed by atoms with Crippen LogP contribution in [0.5, 0.6) is 0 Å². The van der Waals surface area contributed by atoms with Crippen molar-refractivity contribution in [2.45, 2.75) is 40.0 Å². The molecular formula is C13H24N2O. The molecule has 1 N–H and O–H groups in total. The molecule has 0 unspecified atom stereocenters. The number of rotatable bonds is 1. The molecule has 3 heteroatoms. The van der Waals surface area contributed by atoms with Gasteiger partial charge in [0.15, 0.2) is 0 Å². The highest BCUT2D eigenvalue weighted by atomic mass is 16.2. The third-order valence-electron chi connectivity index (χ3n) is 3.88. The van der Waals surface area contributed by atoms with E-state index in [1.54, 1.807) is 0 Å². The SMILES string of the molecule is CC(C)(C)CN1CCC2(CCNC2=O)CC1. The number of amides is 1. The molecule has 92 valence electrons. The van der Waals surface area contributed by atoms with Crippen molar-refractivity contribution >= 4 is 5.91 Å². The maximum atomic E-state index is 11.8. The van der Waals surface area contributed by atoms with Crippen molar-refractivity contribution in [1.82, 2.24) is 10.2 Å². The second-order valence-electron chi connectivity index (χ2n) is 6.62. The molecule has 0 aliphatic carbocycles. The van der Waals surface area contributed by atoms with E-state index in [-0.39, 0.29) is 5.41 Å². The van der Waals surface area contributed by atoms with E-state index in [1.165, 1.54) is 0 Å². The van der Waals surface area contributed by atoms with Crippen LogP contribution in [0.25, 0.3) is 0 Å². The molecule has 16 heavy (non-hydrogen) atoms. The van der Waals surface area contributed by atoms with E-state index in [1.807, 2.05) is 0 Å². The van der Waals surface area contributed by atoms with Gasteiger partial charge in [-0.05, 0) is 37.8 Å². The van der Waals surface area contributed by atoms with E-state index in [4.69, 9.17) is 0 Å². The second kappa shape index (κ2) is 4.02. The molecule has 2 aliphatic heterocycles. The highest BCUT2D eigenvalue weighted by molar-refractivity contribution is 5.84. The topological polar surface area (TPSA) is 32.3 Å². The summed E-state index contributed by atoms with van der Waals surface area (Å²) in [4.78, 5) is 14.3. The number of likely N-dealkylation sites (tertiary alicyclic amines) is 1. The predicted molar refractivity (Wildman–Crippen MR) is 65.2 cm³/mol. The van der Waals surface area contributed by atoms with Crippen molar-refractivity contribution in [3.63, 3.8) is 0 Å². The van der Waals surface area contributed by atoms with Gasteiger partial charge in [0.1, 0.15) is 0 Å². The summed E-state index contributed by atoms with van der Waals surface area (Å²) in [6.45, 7) is 11.0. The number of nitrogens with one attached hydrogen (secondary N) is 1. The van der Waals surface area contributed by atoms with Crippen LogP contribution in [0.3, 0.4) is 0 Å². The molecule has 2 aliphatic rings. The average Bonchev–Trinajstić information content (AvgIpc) is 2.51. The fourth-order valence-corrected chi connectivity index (χ4v) is 3.00. The van der Waals surface area contributed by atoms with Gasteiger partial charge in [0.25, 0.3) is 0 Å². The zero-order valence-corrected chi connectivity index (χ0v) is 10.8. The Bertz CT molecular complexity index is 272. The van der Waals surface area contributed by atoms with Gasteiger partial charge in [-0.1, -0.05) is 20.8 Å². The molecule has 2 fully saturated rings. The number of hydrogen-bond donors (Lipinski definition) is 1. The van der Waals surface area contributed by atoms with Crippen molar-refractivity contribution in [1.29, 1.82) is 0 Å². The molecule has 0 aromatic heterocycles. The van der Waals surface area contributed by atoms with Crippen LogP contribution in [0.4, 0.5) is 0 Å².